The fourth-order valence-electron chi connectivity index (χ4n) is 2.95. The van der Waals surface area contributed by atoms with Gasteiger partial charge in [0.1, 0.15) is 24.8 Å². The summed E-state index contributed by atoms with van der Waals surface area (Å²) in [5.74, 6) is 0.591. The Morgan fingerprint density at radius 2 is 2.12 bits per heavy atom. The zero-order chi connectivity index (χ0) is 24.4. The van der Waals surface area contributed by atoms with E-state index in [4.69, 9.17) is 14.2 Å². The molecule has 0 saturated heterocycles. The van der Waals surface area contributed by atoms with Gasteiger partial charge in [0.2, 0.25) is 0 Å². The molecule has 0 unspecified atom stereocenters. The molecule has 33 heavy (non-hydrogen) atoms. The first-order chi connectivity index (χ1) is 15.9. The summed E-state index contributed by atoms with van der Waals surface area (Å²) in [6, 6.07) is 7.13. The second-order valence-electron chi connectivity index (χ2n) is 6.72. The summed E-state index contributed by atoms with van der Waals surface area (Å²) in [6.07, 6.45) is 3.09. The molecule has 174 valence electrons. The maximum absolute atomic E-state index is 12.7. The van der Waals surface area contributed by atoms with E-state index in [1.54, 1.807) is 31.2 Å². The van der Waals surface area contributed by atoms with Gasteiger partial charge in [0, 0.05) is 22.8 Å². The number of benzene rings is 1. The number of ether oxygens (including phenoxy) is 3. The number of hydrogen-bond acceptors (Lipinski definition) is 7. The van der Waals surface area contributed by atoms with E-state index >= 15 is 0 Å². The van der Waals surface area contributed by atoms with Crippen molar-refractivity contribution in [1.29, 1.82) is 5.26 Å². The van der Waals surface area contributed by atoms with E-state index in [1.165, 1.54) is 17.9 Å². The standard InChI is InChI=1S/C23H25BrN4O5/c1-5-9-33-19-8-7-16(10-20(19)32-6-2)12-26-27-21(29)13-28-15(3)22(24)18(14-31-4)17(11-25)23(28)30/h5,7-8,10,12H,1,6,9,13-14H2,2-4H3,(H,27,29)/b26-12+. The highest BCUT2D eigenvalue weighted by atomic mass is 79.9. The van der Waals surface area contributed by atoms with E-state index in [0.717, 1.165) is 0 Å². The van der Waals surface area contributed by atoms with Crippen molar-refractivity contribution in [3.63, 3.8) is 0 Å². The van der Waals surface area contributed by atoms with Gasteiger partial charge < -0.3 is 18.8 Å². The van der Waals surface area contributed by atoms with Crippen molar-refractivity contribution < 1.29 is 19.0 Å². The first-order valence-electron chi connectivity index (χ1n) is 10.0. The number of hydrazone groups is 1. The van der Waals surface area contributed by atoms with Crippen molar-refractivity contribution in [2.75, 3.05) is 20.3 Å². The number of nitrogens with one attached hydrogen (secondary N) is 1. The lowest BCUT2D eigenvalue weighted by atomic mass is 10.1. The fraction of sp³-hybridized carbons (Fsp3) is 0.304. The summed E-state index contributed by atoms with van der Waals surface area (Å²) in [5.41, 5.74) is 3.37. The van der Waals surface area contributed by atoms with E-state index in [1.807, 2.05) is 13.0 Å². The zero-order valence-electron chi connectivity index (χ0n) is 18.7. The van der Waals surface area contributed by atoms with Gasteiger partial charge in [-0.05, 0) is 53.5 Å². The highest BCUT2D eigenvalue weighted by molar-refractivity contribution is 9.10. The Morgan fingerprint density at radius 3 is 2.76 bits per heavy atom. The van der Waals surface area contributed by atoms with Crippen LogP contribution >= 0.6 is 15.9 Å². The Hall–Kier alpha value is -3.42. The van der Waals surface area contributed by atoms with Crippen LogP contribution in [0.25, 0.3) is 0 Å². The minimum Gasteiger partial charge on any atom is -0.490 e. The van der Waals surface area contributed by atoms with Gasteiger partial charge in [0.15, 0.2) is 11.5 Å². The smallest absolute Gasteiger partial charge is 0.269 e. The van der Waals surface area contributed by atoms with Crippen LogP contribution in [0.15, 0.2) is 45.2 Å². The van der Waals surface area contributed by atoms with Crippen LogP contribution in [0.3, 0.4) is 0 Å². The average molecular weight is 517 g/mol. The van der Waals surface area contributed by atoms with Crippen molar-refractivity contribution >= 4 is 28.1 Å². The molecule has 1 aromatic heterocycles. The van der Waals surface area contributed by atoms with E-state index in [2.05, 4.69) is 33.0 Å². The molecule has 2 rings (SSSR count). The monoisotopic (exact) mass is 516 g/mol. The van der Waals surface area contributed by atoms with Gasteiger partial charge in [0.25, 0.3) is 11.5 Å². The summed E-state index contributed by atoms with van der Waals surface area (Å²) in [7, 11) is 1.47. The van der Waals surface area contributed by atoms with Crippen molar-refractivity contribution in [2.24, 2.45) is 5.10 Å². The van der Waals surface area contributed by atoms with E-state index < -0.39 is 11.5 Å². The number of aromatic nitrogens is 1. The second-order valence-corrected chi connectivity index (χ2v) is 7.51. The fourth-order valence-corrected chi connectivity index (χ4v) is 3.47. The predicted octanol–water partition coefficient (Wildman–Crippen LogP) is 3.05. The maximum Gasteiger partial charge on any atom is 0.269 e. The predicted molar refractivity (Wildman–Crippen MR) is 128 cm³/mol. The van der Waals surface area contributed by atoms with E-state index in [0.29, 0.717) is 46.0 Å². The normalized spacial score (nSPS) is 10.6. The van der Waals surface area contributed by atoms with Crippen molar-refractivity contribution in [2.45, 2.75) is 27.0 Å². The lowest BCUT2D eigenvalue weighted by Crippen LogP contribution is -2.33. The quantitative estimate of drug-likeness (QED) is 0.278. The van der Waals surface area contributed by atoms with Crippen LogP contribution in [0.2, 0.25) is 0 Å². The zero-order valence-corrected chi connectivity index (χ0v) is 20.3. The molecule has 1 heterocycles. The third-order valence-corrected chi connectivity index (χ3v) is 5.53. The van der Waals surface area contributed by atoms with Crippen LogP contribution in [0, 0.1) is 18.3 Å². The largest absolute Gasteiger partial charge is 0.490 e. The molecule has 10 heteroatoms. The number of carbonyl (C=O) groups is 1. The molecule has 0 aliphatic heterocycles. The number of rotatable bonds is 11. The number of methoxy groups -OCH3 is 1. The Kier molecular flexibility index (Phi) is 9.84. The minimum absolute atomic E-state index is 0.0761. The SMILES string of the molecule is C=CCOc1ccc(/C=N/NC(=O)Cn2c(C)c(Br)c(COC)c(C#N)c2=O)cc1OCC. The molecule has 0 aliphatic carbocycles. The topological polar surface area (TPSA) is 115 Å². The molecular formula is C23H25BrN4O5. The van der Waals surface area contributed by atoms with Crippen molar-refractivity contribution in [3.05, 3.63) is 68.1 Å². The van der Waals surface area contributed by atoms with Crippen molar-refractivity contribution in [1.82, 2.24) is 9.99 Å². The van der Waals surface area contributed by atoms with Gasteiger partial charge >= 0.3 is 0 Å². The molecule has 0 spiro atoms. The lowest BCUT2D eigenvalue weighted by Gasteiger charge is -2.15. The summed E-state index contributed by atoms with van der Waals surface area (Å²) < 4.78 is 18.0. The van der Waals surface area contributed by atoms with Crippen LogP contribution in [-0.4, -0.2) is 37.0 Å². The Labute approximate surface area is 200 Å². The van der Waals surface area contributed by atoms with Crippen LogP contribution in [0.4, 0.5) is 0 Å². The number of nitriles is 1. The summed E-state index contributed by atoms with van der Waals surface area (Å²) >= 11 is 3.39. The molecule has 1 amide bonds. The Bertz CT molecular complexity index is 1150. The van der Waals surface area contributed by atoms with Gasteiger partial charge in [-0.15, -0.1) is 0 Å². The molecular weight excluding hydrogens is 492 g/mol. The molecule has 0 bridgehead atoms. The molecule has 9 nitrogen and oxygen atoms in total. The molecule has 1 N–H and O–H groups in total. The minimum atomic E-state index is -0.569. The second kappa shape index (κ2) is 12.6. The van der Waals surface area contributed by atoms with E-state index in [-0.39, 0.29) is 18.7 Å². The molecule has 1 aromatic carbocycles. The summed E-state index contributed by atoms with van der Waals surface area (Å²) in [5, 5.41) is 13.4. The number of carbonyl (C=O) groups excluding carboxylic acids is 1. The lowest BCUT2D eigenvalue weighted by molar-refractivity contribution is -0.121. The van der Waals surface area contributed by atoms with Crippen molar-refractivity contribution in [3.8, 4) is 17.6 Å². The number of nitrogens with zero attached hydrogens (tertiary/aromatic N) is 3. The van der Waals surface area contributed by atoms with Crippen LogP contribution < -0.4 is 20.5 Å². The average Bonchev–Trinajstić information content (AvgIpc) is 2.80. The van der Waals surface area contributed by atoms with Gasteiger partial charge in [-0.2, -0.15) is 10.4 Å². The van der Waals surface area contributed by atoms with Gasteiger partial charge in [-0.3, -0.25) is 9.59 Å². The molecule has 0 atom stereocenters. The maximum atomic E-state index is 12.7. The third kappa shape index (κ3) is 6.54. The van der Waals surface area contributed by atoms with Gasteiger partial charge in [0.05, 0.1) is 19.4 Å². The summed E-state index contributed by atoms with van der Waals surface area (Å²) in [6.45, 7) is 7.75. The van der Waals surface area contributed by atoms with E-state index in [9.17, 15) is 14.9 Å². The van der Waals surface area contributed by atoms with Gasteiger partial charge in [-0.25, -0.2) is 5.43 Å². The molecule has 2 aromatic rings. The first kappa shape index (κ1) is 25.8. The number of hydrogen-bond donors (Lipinski definition) is 1. The number of amides is 1. The Morgan fingerprint density at radius 1 is 1.36 bits per heavy atom. The van der Waals surface area contributed by atoms with Crippen LogP contribution in [0.1, 0.15) is 29.3 Å². The molecule has 0 radical (unpaired) electrons. The highest BCUT2D eigenvalue weighted by Crippen LogP contribution is 2.28. The van der Waals surface area contributed by atoms with Crippen LogP contribution in [0.5, 0.6) is 11.5 Å². The van der Waals surface area contributed by atoms with Crippen LogP contribution in [-0.2, 0) is 22.7 Å². The molecule has 0 saturated carbocycles. The molecule has 0 fully saturated rings. The molecule has 0 aliphatic rings. The third-order valence-electron chi connectivity index (χ3n) is 4.48. The first-order valence-corrected chi connectivity index (χ1v) is 10.8. The number of pyridine rings is 1. The summed E-state index contributed by atoms with van der Waals surface area (Å²) in [4.78, 5) is 25.1. The van der Waals surface area contributed by atoms with Gasteiger partial charge in [-0.1, -0.05) is 12.7 Å². The Balaban J connectivity index is 2.17. The highest BCUT2D eigenvalue weighted by Gasteiger charge is 2.19. The number of halogens is 1.